The van der Waals surface area contributed by atoms with Gasteiger partial charge in [0.25, 0.3) is 0 Å². The van der Waals surface area contributed by atoms with E-state index in [0.29, 0.717) is 18.7 Å². The van der Waals surface area contributed by atoms with Gasteiger partial charge in [-0.2, -0.15) is 0 Å². The predicted molar refractivity (Wildman–Crippen MR) is 85.4 cm³/mol. The molecule has 1 atom stereocenters. The molecule has 6 nitrogen and oxygen atoms in total. The second-order valence-corrected chi connectivity index (χ2v) is 8.28. The highest BCUT2D eigenvalue weighted by Gasteiger charge is 2.35. The van der Waals surface area contributed by atoms with Gasteiger partial charge in [-0.05, 0) is 25.0 Å². The summed E-state index contributed by atoms with van der Waals surface area (Å²) in [6.07, 6.45) is 5.12. The van der Waals surface area contributed by atoms with Crippen LogP contribution in [0.2, 0.25) is 0 Å². The largest absolute Gasteiger partial charge is 0.309 e. The van der Waals surface area contributed by atoms with E-state index in [4.69, 9.17) is 0 Å². The molecule has 2 aromatic heterocycles. The Hall–Kier alpha value is -1.80. The van der Waals surface area contributed by atoms with Gasteiger partial charge in [0, 0.05) is 23.3 Å². The van der Waals surface area contributed by atoms with Crippen LogP contribution in [0.15, 0.2) is 29.9 Å². The summed E-state index contributed by atoms with van der Waals surface area (Å²) in [6.45, 7) is 0. The number of pyridine rings is 1. The van der Waals surface area contributed by atoms with Crippen LogP contribution in [0.3, 0.4) is 0 Å². The molecule has 1 unspecified atom stereocenters. The third-order valence-electron chi connectivity index (χ3n) is 3.55. The van der Waals surface area contributed by atoms with Gasteiger partial charge in [-0.3, -0.25) is 9.78 Å². The van der Waals surface area contributed by atoms with Crippen molar-refractivity contribution in [2.75, 3.05) is 11.1 Å². The van der Waals surface area contributed by atoms with Crippen LogP contribution in [-0.4, -0.2) is 35.3 Å². The summed E-state index contributed by atoms with van der Waals surface area (Å²) in [5.74, 6) is -0.00130. The maximum absolute atomic E-state index is 12.2. The van der Waals surface area contributed by atoms with Crippen LogP contribution in [0, 0.1) is 0 Å². The van der Waals surface area contributed by atoms with Gasteiger partial charge in [-0.1, -0.05) is 6.42 Å². The molecule has 0 saturated carbocycles. The molecule has 1 saturated heterocycles. The fourth-order valence-corrected chi connectivity index (χ4v) is 4.97. The van der Waals surface area contributed by atoms with E-state index < -0.39 is 21.0 Å². The van der Waals surface area contributed by atoms with Crippen LogP contribution in [-0.2, 0) is 14.6 Å². The molecule has 0 spiro atoms. The van der Waals surface area contributed by atoms with Crippen LogP contribution < -0.4 is 5.32 Å². The molecular formula is C14H15N3O3S2. The van der Waals surface area contributed by atoms with Crippen molar-refractivity contribution in [1.29, 1.82) is 0 Å². The number of thiazole rings is 1. The zero-order chi connectivity index (χ0) is 15.6. The summed E-state index contributed by atoms with van der Waals surface area (Å²) in [5.41, 5.74) is 0.908. The Bertz CT molecular complexity index is 772. The number of amides is 1. The van der Waals surface area contributed by atoms with Gasteiger partial charge in [0.2, 0.25) is 5.91 Å². The normalized spacial score (nSPS) is 20.5. The average molecular weight is 337 g/mol. The molecule has 2 aromatic rings. The zero-order valence-electron chi connectivity index (χ0n) is 11.7. The van der Waals surface area contributed by atoms with Gasteiger partial charge in [0.15, 0.2) is 9.84 Å². The number of hydrogen-bond donors (Lipinski definition) is 1. The van der Waals surface area contributed by atoms with E-state index in [-0.39, 0.29) is 5.75 Å². The average Bonchev–Trinajstić information content (AvgIpc) is 2.96. The van der Waals surface area contributed by atoms with Crippen LogP contribution in [0.1, 0.15) is 19.3 Å². The van der Waals surface area contributed by atoms with Crippen molar-refractivity contribution in [2.24, 2.45) is 0 Å². The SMILES string of the molecule is O=C(Nc1csc(-c2ccncc2)n1)C1CCCCS1(=O)=O. The maximum Gasteiger partial charge on any atom is 0.243 e. The summed E-state index contributed by atoms with van der Waals surface area (Å²) >= 11 is 1.39. The molecule has 1 aliphatic heterocycles. The minimum Gasteiger partial charge on any atom is -0.309 e. The molecule has 1 amide bonds. The lowest BCUT2D eigenvalue weighted by Gasteiger charge is -2.20. The van der Waals surface area contributed by atoms with E-state index in [2.05, 4.69) is 15.3 Å². The Labute approximate surface area is 132 Å². The molecule has 116 valence electrons. The molecule has 3 rings (SSSR count). The first-order valence-electron chi connectivity index (χ1n) is 6.94. The third-order valence-corrected chi connectivity index (χ3v) is 6.62. The minimum atomic E-state index is -3.33. The number of carbonyl (C=O) groups excluding carboxylic acids is 1. The molecule has 1 aliphatic rings. The number of carbonyl (C=O) groups is 1. The van der Waals surface area contributed by atoms with Crippen molar-refractivity contribution < 1.29 is 13.2 Å². The van der Waals surface area contributed by atoms with Crippen molar-refractivity contribution in [3.8, 4) is 10.6 Å². The highest BCUT2D eigenvalue weighted by molar-refractivity contribution is 7.92. The number of aromatic nitrogens is 2. The summed E-state index contributed by atoms with van der Waals surface area (Å²) in [4.78, 5) is 20.5. The van der Waals surface area contributed by atoms with E-state index >= 15 is 0 Å². The lowest BCUT2D eigenvalue weighted by Crippen LogP contribution is -2.39. The van der Waals surface area contributed by atoms with Crippen molar-refractivity contribution >= 4 is 32.9 Å². The van der Waals surface area contributed by atoms with Gasteiger partial charge >= 0.3 is 0 Å². The lowest BCUT2D eigenvalue weighted by atomic mass is 10.2. The Morgan fingerprint density at radius 1 is 1.27 bits per heavy atom. The fraction of sp³-hybridized carbons (Fsp3) is 0.357. The Kier molecular flexibility index (Phi) is 4.21. The summed E-state index contributed by atoms with van der Waals surface area (Å²) in [7, 11) is -3.33. The highest BCUT2D eigenvalue weighted by Crippen LogP contribution is 2.26. The van der Waals surface area contributed by atoms with E-state index in [1.54, 1.807) is 17.8 Å². The zero-order valence-corrected chi connectivity index (χ0v) is 13.4. The summed E-state index contributed by atoms with van der Waals surface area (Å²) < 4.78 is 23.9. The summed E-state index contributed by atoms with van der Waals surface area (Å²) in [5, 5.41) is 4.14. The van der Waals surface area contributed by atoms with Gasteiger partial charge in [0.05, 0.1) is 5.75 Å². The van der Waals surface area contributed by atoms with E-state index in [1.165, 1.54) is 11.3 Å². The first kappa shape index (κ1) is 15.1. The van der Waals surface area contributed by atoms with Gasteiger partial charge in [0.1, 0.15) is 16.1 Å². The van der Waals surface area contributed by atoms with Gasteiger partial charge < -0.3 is 5.32 Å². The monoisotopic (exact) mass is 337 g/mol. The molecule has 0 radical (unpaired) electrons. The molecule has 22 heavy (non-hydrogen) atoms. The Morgan fingerprint density at radius 2 is 2.05 bits per heavy atom. The van der Waals surface area contributed by atoms with Crippen LogP contribution in [0.5, 0.6) is 0 Å². The second kappa shape index (κ2) is 6.13. The van der Waals surface area contributed by atoms with Gasteiger partial charge in [-0.15, -0.1) is 11.3 Å². The smallest absolute Gasteiger partial charge is 0.243 e. The Balaban J connectivity index is 1.74. The lowest BCUT2D eigenvalue weighted by molar-refractivity contribution is -0.116. The molecule has 0 bridgehead atoms. The Morgan fingerprint density at radius 3 is 2.77 bits per heavy atom. The first-order chi connectivity index (χ1) is 10.6. The molecule has 3 heterocycles. The van der Waals surface area contributed by atoms with Crippen LogP contribution in [0.25, 0.3) is 10.6 Å². The first-order valence-corrected chi connectivity index (χ1v) is 9.54. The molecule has 0 aliphatic carbocycles. The molecule has 8 heteroatoms. The third kappa shape index (κ3) is 3.17. The summed E-state index contributed by atoms with van der Waals surface area (Å²) in [6, 6.07) is 3.66. The van der Waals surface area contributed by atoms with Gasteiger partial charge in [-0.25, -0.2) is 13.4 Å². The quantitative estimate of drug-likeness (QED) is 0.926. The van der Waals surface area contributed by atoms with Crippen molar-refractivity contribution in [2.45, 2.75) is 24.5 Å². The minimum absolute atomic E-state index is 0.0877. The second-order valence-electron chi connectivity index (χ2n) is 5.11. The number of nitrogens with one attached hydrogen (secondary N) is 1. The van der Waals surface area contributed by atoms with Crippen molar-refractivity contribution in [3.63, 3.8) is 0 Å². The number of hydrogen-bond acceptors (Lipinski definition) is 6. The maximum atomic E-state index is 12.2. The number of rotatable bonds is 3. The van der Waals surface area contributed by atoms with E-state index in [1.807, 2.05) is 12.1 Å². The number of nitrogens with zero attached hydrogens (tertiary/aromatic N) is 2. The highest BCUT2D eigenvalue weighted by atomic mass is 32.2. The molecule has 1 fully saturated rings. The van der Waals surface area contributed by atoms with Crippen molar-refractivity contribution in [3.05, 3.63) is 29.9 Å². The van der Waals surface area contributed by atoms with Crippen LogP contribution in [0.4, 0.5) is 5.82 Å². The van der Waals surface area contributed by atoms with E-state index in [9.17, 15) is 13.2 Å². The fourth-order valence-electron chi connectivity index (χ4n) is 2.41. The van der Waals surface area contributed by atoms with E-state index in [0.717, 1.165) is 17.0 Å². The topological polar surface area (TPSA) is 89.0 Å². The molecule has 0 aromatic carbocycles. The van der Waals surface area contributed by atoms with Crippen molar-refractivity contribution in [1.82, 2.24) is 9.97 Å². The number of sulfone groups is 1. The molecule has 1 N–H and O–H groups in total. The number of anilines is 1. The van der Waals surface area contributed by atoms with Crippen LogP contribution >= 0.6 is 11.3 Å². The standard InChI is InChI=1S/C14H15N3O3S2/c18-13(11-3-1-2-8-22(11,19)20)16-12-9-21-14(17-12)10-4-6-15-7-5-10/h4-7,9,11H,1-3,8H2,(H,16,18). The predicted octanol–water partition coefficient (Wildman–Crippen LogP) is 2.11. The molecular weight excluding hydrogens is 322 g/mol.